The molecule has 2 aromatic carbocycles. The van der Waals surface area contributed by atoms with Crippen LogP contribution in [-0.2, 0) is 19.2 Å². The largest absolute Gasteiger partial charge is 0.427 e. The molecule has 1 fully saturated rings. The van der Waals surface area contributed by atoms with Crippen LogP contribution in [0.1, 0.15) is 43.4 Å². The van der Waals surface area contributed by atoms with Crippen molar-refractivity contribution < 1.29 is 23.6 Å². The van der Waals surface area contributed by atoms with Gasteiger partial charge in [-0.05, 0) is 66.6 Å². The fourth-order valence-electron chi connectivity index (χ4n) is 4.85. The van der Waals surface area contributed by atoms with Gasteiger partial charge in [-0.25, -0.2) is 4.39 Å². The zero-order chi connectivity index (χ0) is 24.6. The standard InChI is InChI=1S/C27H31FN2O4/c1-16(2)26(32)34-24-23(25(31)29-27(24)12-14-30(33-5)15-13-27)22-17(3)6-11-21(18(22)4)19-7-9-20(28)10-8-19/h6-11,16H,12-15H2,1-5H3,(H,29,31). The zero-order valence-electron chi connectivity index (χ0n) is 20.3. The Morgan fingerprint density at radius 1 is 1.09 bits per heavy atom. The van der Waals surface area contributed by atoms with Crippen molar-refractivity contribution in [2.75, 3.05) is 20.2 Å². The van der Waals surface area contributed by atoms with E-state index < -0.39 is 5.54 Å². The summed E-state index contributed by atoms with van der Waals surface area (Å²) >= 11 is 0. The van der Waals surface area contributed by atoms with Crippen LogP contribution in [0, 0.1) is 25.6 Å². The Morgan fingerprint density at radius 2 is 1.74 bits per heavy atom. The molecule has 0 bridgehead atoms. The molecule has 0 radical (unpaired) electrons. The number of nitrogens with zero attached hydrogens (tertiary/aromatic N) is 1. The molecule has 1 saturated heterocycles. The SMILES string of the molecule is CON1CCC2(CC1)NC(=O)C(c1c(C)ccc(-c3ccc(F)cc3)c1C)=C2OC(=O)C(C)C. The van der Waals surface area contributed by atoms with Crippen LogP contribution >= 0.6 is 0 Å². The van der Waals surface area contributed by atoms with Crippen LogP contribution in [0.2, 0.25) is 0 Å². The van der Waals surface area contributed by atoms with Gasteiger partial charge in [0.25, 0.3) is 5.91 Å². The molecule has 2 aliphatic heterocycles. The molecule has 6 nitrogen and oxygen atoms in total. The van der Waals surface area contributed by atoms with Gasteiger partial charge in [-0.2, -0.15) is 5.06 Å². The lowest BCUT2D eigenvalue weighted by atomic mass is 9.84. The number of hydrogen-bond donors (Lipinski definition) is 1. The van der Waals surface area contributed by atoms with Gasteiger partial charge in [0.05, 0.1) is 18.6 Å². The minimum absolute atomic E-state index is 0.250. The number of carbonyl (C=O) groups is 2. The quantitative estimate of drug-likeness (QED) is 0.655. The summed E-state index contributed by atoms with van der Waals surface area (Å²) in [5.74, 6) is -0.871. The number of benzene rings is 2. The molecule has 2 aromatic rings. The van der Waals surface area contributed by atoms with Gasteiger partial charge in [-0.15, -0.1) is 0 Å². The van der Waals surface area contributed by atoms with E-state index in [-0.39, 0.29) is 23.6 Å². The van der Waals surface area contributed by atoms with E-state index >= 15 is 0 Å². The molecule has 180 valence electrons. The molecule has 1 amide bonds. The van der Waals surface area contributed by atoms with Crippen molar-refractivity contribution in [3.8, 4) is 11.1 Å². The topological polar surface area (TPSA) is 67.9 Å². The van der Waals surface area contributed by atoms with Crippen molar-refractivity contribution in [1.82, 2.24) is 10.4 Å². The highest BCUT2D eigenvalue weighted by molar-refractivity contribution is 6.24. The number of nitrogens with one attached hydrogen (secondary N) is 1. The minimum Gasteiger partial charge on any atom is -0.427 e. The van der Waals surface area contributed by atoms with Crippen LogP contribution < -0.4 is 5.32 Å². The van der Waals surface area contributed by atoms with Gasteiger partial charge < -0.3 is 14.9 Å². The predicted octanol–water partition coefficient (Wildman–Crippen LogP) is 4.55. The Bertz CT molecular complexity index is 1150. The Labute approximate surface area is 199 Å². The fraction of sp³-hybridized carbons (Fsp3) is 0.407. The van der Waals surface area contributed by atoms with Gasteiger partial charge in [0.2, 0.25) is 0 Å². The number of halogens is 1. The van der Waals surface area contributed by atoms with Crippen molar-refractivity contribution >= 4 is 17.4 Å². The molecule has 34 heavy (non-hydrogen) atoms. The number of hydroxylamine groups is 2. The molecular weight excluding hydrogens is 435 g/mol. The summed E-state index contributed by atoms with van der Waals surface area (Å²) in [6, 6.07) is 10.2. The van der Waals surface area contributed by atoms with Gasteiger partial charge >= 0.3 is 5.97 Å². The van der Waals surface area contributed by atoms with Crippen LogP contribution in [0.5, 0.6) is 0 Å². The van der Waals surface area contributed by atoms with E-state index in [0.717, 1.165) is 27.8 Å². The number of esters is 1. The highest BCUT2D eigenvalue weighted by atomic mass is 19.1. The summed E-state index contributed by atoms with van der Waals surface area (Å²) in [6.07, 6.45) is 1.12. The van der Waals surface area contributed by atoms with Crippen LogP contribution in [0.3, 0.4) is 0 Å². The second-order valence-electron chi connectivity index (χ2n) is 9.36. The van der Waals surface area contributed by atoms with Gasteiger partial charge in [-0.1, -0.05) is 38.1 Å². The zero-order valence-corrected chi connectivity index (χ0v) is 20.3. The Kier molecular flexibility index (Phi) is 6.60. The van der Waals surface area contributed by atoms with E-state index in [9.17, 15) is 14.0 Å². The first-order chi connectivity index (χ1) is 16.2. The second kappa shape index (κ2) is 9.31. The number of carbonyl (C=O) groups excluding carboxylic acids is 2. The monoisotopic (exact) mass is 466 g/mol. The third kappa shape index (κ3) is 4.26. The third-order valence-electron chi connectivity index (χ3n) is 6.83. The second-order valence-corrected chi connectivity index (χ2v) is 9.36. The lowest BCUT2D eigenvalue weighted by Gasteiger charge is -2.39. The number of aryl methyl sites for hydroxylation is 1. The van der Waals surface area contributed by atoms with Crippen molar-refractivity contribution in [3.63, 3.8) is 0 Å². The van der Waals surface area contributed by atoms with E-state index in [4.69, 9.17) is 9.57 Å². The maximum Gasteiger partial charge on any atom is 0.313 e. The Balaban J connectivity index is 1.89. The normalized spacial score (nSPS) is 18.0. The summed E-state index contributed by atoms with van der Waals surface area (Å²) < 4.78 is 19.5. The molecule has 7 heteroatoms. The molecule has 2 aliphatic rings. The Hall–Kier alpha value is -3.03. The lowest BCUT2D eigenvalue weighted by Crippen LogP contribution is -2.53. The maximum atomic E-state index is 13.5. The van der Waals surface area contributed by atoms with Gasteiger partial charge in [-0.3, -0.25) is 9.59 Å². The number of amides is 1. The number of ether oxygens (including phenoxy) is 1. The summed E-state index contributed by atoms with van der Waals surface area (Å²) in [6.45, 7) is 8.64. The van der Waals surface area contributed by atoms with Crippen molar-refractivity contribution in [2.45, 2.75) is 46.1 Å². The highest BCUT2D eigenvalue weighted by Crippen LogP contribution is 2.44. The van der Waals surface area contributed by atoms with E-state index in [0.29, 0.717) is 37.3 Å². The van der Waals surface area contributed by atoms with E-state index in [1.54, 1.807) is 33.1 Å². The molecule has 0 aliphatic carbocycles. The average Bonchev–Trinajstić information content (AvgIpc) is 3.06. The van der Waals surface area contributed by atoms with Crippen LogP contribution in [0.15, 0.2) is 42.2 Å². The molecular formula is C27H31FN2O4. The molecule has 0 saturated carbocycles. The van der Waals surface area contributed by atoms with Crippen molar-refractivity contribution in [3.05, 3.63) is 64.7 Å². The lowest BCUT2D eigenvalue weighted by molar-refractivity contribution is -0.157. The average molecular weight is 467 g/mol. The van der Waals surface area contributed by atoms with E-state index in [2.05, 4.69) is 5.32 Å². The van der Waals surface area contributed by atoms with Crippen LogP contribution in [0.4, 0.5) is 4.39 Å². The van der Waals surface area contributed by atoms with Crippen molar-refractivity contribution in [2.24, 2.45) is 5.92 Å². The summed E-state index contributed by atoms with van der Waals surface area (Å²) in [5, 5.41) is 4.99. The van der Waals surface area contributed by atoms with Crippen LogP contribution in [0.25, 0.3) is 16.7 Å². The van der Waals surface area contributed by atoms with Gasteiger partial charge in [0.1, 0.15) is 17.1 Å². The fourth-order valence-corrected chi connectivity index (χ4v) is 4.85. The van der Waals surface area contributed by atoms with Crippen LogP contribution in [-0.4, -0.2) is 42.7 Å². The first-order valence-electron chi connectivity index (χ1n) is 11.6. The summed E-state index contributed by atoms with van der Waals surface area (Å²) in [4.78, 5) is 31.6. The molecule has 1 spiro atoms. The van der Waals surface area contributed by atoms with E-state index in [1.165, 1.54) is 12.1 Å². The Morgan fingerprint density at radius 3 is 2.32 bits per heavy atom. The number of hydrogen-bond acceptors (Lipinski definition) is 5. The number of rotatable bonds is 5. The minimum atomic E-state index is -0.767. The van der Waals surface area contributed by atoms with Gasteiger partial charge in [0.15, 0.2) is 0 Å². The molecule has 0 aromatic heterocycles. The third-order valence-corrected chi connectivity index (χ3v) is 6.83. The molecule has 2 heterocycles. The highest BCUT2D eigenvalue weighted by Gasteiger charge is 2.50. The first-order valence-corrected chi connectivity index (χ1v) is 11.6. The van der Waals surface area contributed by atoms with Crippen molar-refractivity contribution in [1.29, 1.82) is 0 Å². The molecule has 0 atom stereocenters. The van der Waals surface area contributed by atoms with Gasteiger partial charge in [0, 0.05) is 13.1 Å². The predicted molar refractivity (Wildman–Crippen MR) is 128 cm³/mol. The smallest absolute Gasteiger partial charge is 0.313 e. The first kappa shape index (κ1) is 24.1. The molecule has 0 unspecified atom stereocenters. The summed E-state index contributed by atoms with van der Waals surface area (Å²) in [7, 11) is 1.62. The molecule has 1 N–H and O–H groups in total. The maximum absolute atomic E-state index is 13.5. The number of piperidine rings is 1. The van der Waals surface area contributed by atoms with E-state index in [1.807, 2.05) is 31.0 Å². The molecule has 4 rings (SSSR count). The summed E-state index contributed by atoms with van der Waals surface area (Å²) in [5.41, 5.74) is 3.90.